The molecular formula is C15H19BrO2. The highest BCUT2D eigenvalue weighted by molar-refractivity contribution is 9.10. The minimum Gasteiger partial charge on any atom is -0.487 e. The summed E-state index contributed by atoms with van der Waals surface area (Å²) in [5.74, 6) is 1.66. The Balaban J connectivity index is 1.89. The van der Waals surface area contributed by atoms with Crippen LogP contribution in [0.3, 0.4) is 0 Å². The van der Waals surface area contributed by atoms with E-state index in [1.54, 1.807) is 0 Å². The summed E-state index contributed by atoms with van der Waals surface area (Å²) < 4.78 is 7.25. The lowest BCUT2D eigenvalue weighted by atomic mass is 9.74. The summed E-state index contributed by atoms with van der Waals surface area (Å²) >= 11 is 3.45. The number of aliphatic hydroxyl groups excluding tert-OH is 1. The van der Waals surface area contributed by atoms with E-state index in [1.165, 1.54) is 12.8 Å². The molecule has 98 valence electrons. The van der Waals surface area contributed by atoms with Gasteiger partial charge in [-0.25, -0.2) is 0 Å². The van der Waals surface area contributed by atoms with Crippen LogP contribution in [0, 0.1) is 5.92 Å². The number of halogens is 1. The zero-order chi connectivity index (χ0) is 12.8. The van der Waals surface area contributed by atoms with Crippen LogP contribution in [0.2, 0.25) is 0 Å². The molecule has 3 rings (SSSR count). The molecule has 2 aliphatic rings. The van der Waals surface area contributed by atoms with E-state index in [1.807, 2.05) is 18.2 Å². The normalized spacial score (nSPS) is 35.1. The second-order valence-corrected chi connectivity index (χ2v) is 6.79. The van der Waals surface area contributed by atoms with Crippen LogP contribution in [0.4, 0.5) is 0 Å². The second-order valence-electron chi connectivity index (χ2n) is 5.87. The molecule has 3 heteroatoms. The highest BCUT2D eigenvalue weighted by Crippen LogP contribution is 2.47. The van der Waals surface area contributed by atoms with Crippen LogP contribution < -0.4 is 4.74 Å². The van der Waals surface area contributed by atoms with Crippen molar-refractivity contribution in [2.45, 2.75) is 50.7 Å². The van der Waals surface area contributed by atoms with Crippen molar-refractivity contribution in [2.75, 3.05) is 0 Å². The lowest BCUT2D eigenvalue weighted by Gasteiger charge is -2.44. The quantitative estimate of drug-likeness (QED) is 0.777. The van der Waals surface area contributed by atoms with E-state index in [2.05, 4.69) is 22.9 Å². The summed E-state index contributed by atoms with van der Waals surface area (Å²) in [7, 11) is 0. The number of benzene rings is 1. The molecule has 0 amide bonds. The Labute approximate surface area is 116 Å². The van der Waals surface area contributed by atoms with Gasteiger partial charge >= 0.3 is 0 Å². The van der Waals surface area contributed by atoms with Crippen LogP contribution in [-0.4, -0.2) is 10.7 Å². The van der Waals surface area contributed by atoms with Crippen molar-refractivity contribution in [3.8, 4) is 5.75 Å². The van der Waals surface area contributed by atoms with Crippen molar-refractivity contribution in [3.05, 3.63) is 28.2 Å². The first-order chi connectivity index (χ1) is 8.58. The van der Waals surface area contributed by atoms with Gasteiger partial charge in [0.2, 0.25) is 0 Å². The molecule has 0 saturated heterocycles. The summed E-state index contributed by atoms with van der Waals surface area (Å²) in [4.78, 5) is 0. The topological polar surface area (TPSA) is 29.5 Å². The lowest BCUT2D eigenvalue weighted by Crippen LogP contribution is -2.43. The van der Waals surface area contributed by atoms with E-state index in [0.29, 0.717) is 0 Å². The molecule has 1 N–H and O–H groups in total. The van der Waals surface area contributed by atoms with Crippen LogP contribution >= 0.6 is 15.9 Å². The Bertz CT molecular complexity index is 450. The summed E-state index contributed by atoms with van der Waals surface area (Å²) in [6, 6.07) is 5.93. The Hall–Kier alpha value is -0.540. The molecule has 18 heavy (non-hydrogen) atoms. The molecule has 1 aliphatic heterocycles. The predicted molar refractivity (Wildman–Crippen MR) is 74.7 cm³/mol. The molecular weight excluding hydrogens is 292 g/mol. The van der Waals surface area contributed by atoms with Gasteiger partial charge in [0.25, 0.3) is 0 Å². The third kappa shape index (κ3) is 2.19. The van der Waals surface area contributed by atoms with Crippen molar-refractivity contribution in [1.82, 2.24) is 0 Å². The van der Waals surface area contributed by atoms with E-state index >= 15 is 0 Å². The Morgan fingerprint density at radius 3 is 2.78 bits per heavy atom. The van der Waals surface area contributed by atoms with Gasteiger partial charge in [-0.3, -0.25) is 0 Å². The predicted octanol–water partition coefficient (Wildman–Crippen LogP) is 4.21. The first-order valence-electron chi connectivity index (χ1n) is 6.74. The Morgan fingerprint density at radius 2 is 2.06 bits per heavy atom. The molecule has 1 atom stereocenters. The zero-order valence-corrected chi connectivity index (χ0v) is 12.2. The molecule has 0 radical (unpaired) electrons. The highest BCUT2D eigenvalue weighted by atomic mass is 79.9. The van der Waals surface area contributed by atoms with Crippen LogP contribution in [0.25, 0.3) is 0 Å². The van der Waals surface area contributed by atoms with Gasteiger partial charge in [-0.2, -0.15) is 0 Å². The monoisotopic (exact) mass is 310 g/mol. The number of aliphatic hydroxyl groups is 1. The van der Waals surface area contributed by atoms with Crippen LogP contribution in [0.15, 0.2) is 22.7 Å². The first-order valence-corrected chi connectivity index (χ1v) is 7.54. The molecule has 1 saturated carbocycles. The van der Waals surface area contributed by atoms with Crippen molar-refractivity contribution in [3.63, 3.8) is 0 Å². The zero-order valence-electron chi connectivity index (χ0n) is 10.7. The maximum atomic E-state index is 10.4. The minimum absolute atomic E-state index is 0.118. The fourth-order valence-corrected chi connectivity index (χ4v) is 3.58. The van der Waals surface area contributed by atoms with Crippen LogP contribution in [0.5, 0.6) is 5.75 Å². The van der Waals surface area contributed by atoms with Gasteiger partial charge in [0.15, 0.2) is 0 Å². The number of ether oxygens (including phenoxy) is 1. The molecule has 1 fully saturated rings. The molecule has 1 aliphatic carbocycles. The molecule has 1 aromatic carbocycles. The molecule has 0 aromatic heterocycles. The number of fused-ring (bicyclic) bond motifs is 1. The van der Waals surface area contributed by atoms with Crippen molar-refractivity contribution in [2.24, 2.45) is 5.92 Å². The van der Waals surface area contributed by atoms with Crippen molar-refractivity contribution in [1.29, 1.82) is 0 Å². The first kappa shape index (κ1) is 12.5. The lowest BCUT2D eigenvalue weighted by molar-refractivity contribution is -0.0454. The standard InChI is InChI=1S/C15H19BrO2/c1-10-4-6-15(7-5-10)9-13(17)12-8-11(16)2-3-14(12)18-15/h2-3,8,10,13,17H,4-7,9H2,1H3/t10?,13-,15?/m1/s1. The van der Waals surface area contributed by atoms with Gasteiger partial charge in [0, 0.05) is 16.5 Å². The second kappa shape index (κ2) is 4.53. The molecule has 1 aromatic rings. The Kier molecular flexibility index (Phi) is 3.15. The molecule has 2 nitrogen and oxygen atoms in total. The molecule has 0 bridgehead atoms. The average Bonchev–Trinajstić information content (AvgIpc) is 2.35. The van der Waals surface area contributed by atoms with Gasteiger partial charge < -0.3 is 9.84 Å². The third-order valence-corrected chi connectivity index (χ3v) is 4.90. The third-order valence-electron chi connectivity index (χ3n) is 4.41. The summed E-state index contributed by atoms with van der Waals surface area (Å²) in [6.45, 7) is 2.30. The molecule has 1 heterocycles. The van der Waals surface area contributed by atoms with Gasteiger partial charge in [-0.15, -0.1) is 0 Å². The van der Waals surface area contributed by atoms with Gasteiger partial charge in [-0.05, 0) is 49.8 Å². The summed E-state index contributed by atoms with van der Waals surface area (Å²) in [5.41, 5.74) is 0.806. The SMILES string of the molecule is CC1CCC2(CC1)C[C@@H](O)c1cc(Br)ccc1O2. The summed E-state index contributed by atoms with van der Waals surface area (Å²) in [5, 5.41) is 10.4. The van der Waals surface area contributed by atoms with E-state index < -0.39 is 0 Å². The van der Waals surface area contributed by atoms with E-state index in [-0.39, 0.29) is 11.7 Å². The van der Waals surface area contributed by atoms with Crippen molar-refractivity contribution < 1.29 is 9.84 Å². The van der Waals surface area contributed by atoms with Gasteiger partial charge in [0.1, 0.15) is 11.4 Å². The largest absolute Gasteiger partial charge is 0.487 e. The maximum absolute atomic E-state index is 10.4. The fraction of sp³-hybridized carbons (Fsp3) is 0.600. The number of rotatable bonds is 0. The van der Waals surface area contributed by atoms with Gasteiger partial charge in [0.05, 0.1) is 6.10 Å². The van der Waals surface area contributed by atoms with E-state index in [9.17, 15) is 5.11 Å². The van der Waals surface area contributed by atoms with Crippen LogP contribution in [-0.2, 0) is 0 Å². The number of hydrogen-bond acceptors (Lipinski definition) is 2. The minimum atomic E-state index is -0.389. The van der Waals surface area contributed by atoms with Crippen LogP contribution in [0.1, 0.15) is 50.7 Å². The fourth-order valence-electron chi connectivity index (χ4n) is 3.20. The van der Waals surface area contributed by atoms with Gasteiger partial charge in [-0.1, -0.05) is 22.9 Å². The number of hydrogen-bond donors (Lipinski definition) is 1. The summed E-state index contributed by atoms with van der Waals surface area (Å²) in [6.07, 6.45) is 4.90. The highest BCUT2D eigenvalue weighted by Gasteiger charge is 2.42. The smallest absolute Gasteiger partial charge is 0.126 e. The average molecular weight is 311 g/mol. The molecule has 1 spiro atoms. The van der Waals surface area contributed by atoms with E-state index in [0.717, 1.165) is 41.0 Å². The molecule has 0 unspecified atom stereocenters. The Morgan fingerprint density at radius 1 is 1.33 bits per heavy atom. The maximum Gasteiger partial charge on any atom is 0.126 e. The van der Waals surface area contributed by atoms with Crippen molar-refractivity contribution >= 4 is 15.9 Å². The van der Waals surface area contributed by atoms with E-state index in [4.69, 9.17) is 4.74 Å².